The molecule has 0 aromatic heterocycles. The molecule has 7 atom stereocenters. The second kappa shape index (κ2) is 13.9. The van der Waals surface area contributed by atoms with Crippen molar-refractivity contribution in [1.82, 2.24) is 9.80 Å². The zero-order valence-corrected chi connectivity index (χ0v) is 28.9. The lowest BCUT2D eigenvalue weighted by Crippen LogP contribution is -2.58. The number of thioether (sulfide) groups is 1. The monoisotopic (exact) mass is 683 g/mol. The van der Waals surface area contributed by atoms with E-state index in [4.69, 9.17) is 11.6 Å². The number of para-hydroxylation sites is 1. The molecule has 0 aliphatic carbocycles. The first kappa shape index (κ1) is 34.0. The summed E-state index contributed by atoms with van der Waals surface area (Å²) in [7, 11) is 0. The third kappa shape index (κ3) is 5.57. The van der Waals surface area contributed by atoms with Crippen LogP contribution in [-0.4, -0.2) is 68.4 Å². The van der Waals surface area contributed by atoms with E-state index in [9.17, 15) is 9.90 Å². The quantitative estimate of drug-likeness (QED) is 0.222. The van der Waals surface area contributed by atoms with Crippen LogP contribution in [0.15, 0.2) is 104 Å². The largest absolute Gasteiger partial charge is 0.394 e. The molecule has 3 aliphatic heterocycles. The molecule has 7 nitrogen and oxygen atoms in total. The molecule has 3 aromatic rings. The van der Waals surface area contributed by atoms with Crippen molar-refractivity contribution in [3.05, 3.63) is 126 Å². The molecule has 2 bridgehead atoms. The van der Waals surface area contributed by atoms with E-state index in [1.165, 1.54) is 0 Å². The van der Waals surface area contributed by atoms with Crippen molar-refractivity contribution >= 4 is 46.8 Å². The highest BCUT2D eigenvalue weighted by molar-refractivity contribution is 8.02. The highest BCUT2D eigenvalue weighted by Gasteiger charge is 2.77. The predicted molar refractivity (Wildman–Crippen MR) is 193 cm³/mol. The van der Waals surface area contributed by atoms with Gasteiger partial charge in [-0.3, -0.25) is 14.4 Å². The standard InChI is InChI=1S/C39H42ClN3O4S/c1-5-20-41(23-27-15-9-7-10-16-27)36(45)32-31-22-26(4)39(48-31)33(32)37(46)43(30(24-44)28-17-11-8-12-18-28)35(39)38(47)42(21-6-2)34-25(3)14-13-19-29(34)40/h5-19,26,30-33,35,44H,1-2,20-24H2,3-4H3/t26?,30-,31+,32-,33+,35?,39?/m1/s1. The number of fused-ring (bicyclic) bond motifs is 1. The number of carbonyl (C=O) groups is 3. The minimum atomic E-state index is -0.965. The molecule has 3 aliphatic rings. The number of hydrogen-bond donors (Lipinski definition) is 1. The van der Waals surface area contributed by atoms with E-state index in [2.05, 4.69) is 20.1 Å². The molecule has 3 heterocycles. The number of hydrogen-bond acceptors (Lipinski definition) is 5. The zero-order chi connectivity index (χ0) is 34.2. The van der Waals surface area contributed by atoms with Gasteiger partial charge in [0.2, 0.25) is 11.8 Å². The molecule has 3 unspecified atom stereocenters. The third-order valence-electron chi connectivity index (χ3n) is 10.3. The van der Waals surface area contributed by atoms with Crippen LogP contribution < -0.4 is 4.90 Å². The van der Waals surface area contributed by atoms with Gasteiger partial charge in [0, 0.05) is 24.9 Å². The van der Waals surface area contributed by atoms with E-state index >= 15 is 9.59 Å². The van der Waals surface area contributed by atoms with Crippen molar-refractivity contribution in [3.8, 4) is 0 Å². The zero-order valence-electron chi connectivity index (χ0n) is 27.4. The molecule has 6 rings (SSSR count). The Morgan fingerprint density at radius 2 is 1.69 bits per heavy atom. The second-order valence-corrected chi connectivity index (χ2v) is 15.0. The van der Waals surface area contributed by atoms with Crippen molar-refractivity contribution in [1.29, 1.82) is 0 Å². The Kier molecular flexibility index (Phi) is 9.88. The summed E-state index contributed by atoms with van der Waals surface area (Å²) in [4.78, 5) is 50.1. The normalized spacial score (nSPS) is 26.2. The van der Waals surface area contributed by atoms with E-state index in [0.717, 1.165) is 16.7 Å². The van der Waals surface area contributed by atoms with Gasteiger partial charge in [-0.15, -0.1) is 24.9 Å². The topological polar surface area (TPSA) is 81.2 Å². The number of benzene rings is 3. The average Bonchev–Trinajstić information content (AvgIpc) is 3.68. The van der Waals surface area contributed by atoms with Crippen molar-refractivity contribution in [3.63, 3.8) is 0 Å². The van der Waals surface area contributed by atoms with Crippen molar-refractivity contribution in [2.45, 2.75) is 48.9 Å². The maximum absolute atomic E-state index is 15.3. The van der Waals surface area contributed by atoms with Gasteiger partial charge in [0.05, 0.1) is 39.9 Å². The smallest absolute Gasteiger partial charge is 0.251 e. The Hall–Kier alpha value is -3.85. The van der Waals surface area contributed by atoms with Gasteiger partial charge in [0.15, 0.2) is 0 Å². The Morgan fingerprint density at radius 1 is 1.02 bits per heavy atom. The maximum Gasteiger partial charge on any atom is 0.251 e. The molecule has 48 heavy (non-hydrogen) atoms. The summed E-state index contributed by atoms with van der Waals surface area (Å²) in [5.74, 6) is -2.12. The first-order valence-electron chi connectivity index (χ1n) is 16.5. The average molecular weight is 684 g/mol. The van der Waals surface area contributed by atoms with Gasteiger partial charge >= 0.3 is 0 Å². The lowest BCUT2D eigenvalue weighted by Gasteiger charge is -2.42. The lowest BCUT2D eigenvalue weighted by molar-refractivity contribution is -0.146. The van der Waals surface area contributed by atoms with Crippen LogP contribution in [0.2, 0.25) is 5.02 Å². The van der Waals surface area contributed by atoms with Crippen molar-refractivity contribution < 1.29 is 19.5 Å². The summed E-state index contributed by atoms with van der Waals surface area (Å²) in [5, 5.41) is 11.2. The maximum atomic E-state index is 15.3. The molecule has 1 spiro atoms. The van der Waals surface area contributed by atoms with Crippen LogP contribution in [0.1, 0.15) is 36.1 Å². The summed E-state index contributed by atoms with van der Waals surface area (Å²) in [6, 6.07) is 22.8. The molecule has 3 amide bonds. The molecular weight excluding hydrogens is 642 g/mol. The number of anilines is 1. The number of rotatable bonds is 12. The third-order valence-corrected chi connectivity index (χ3v) is 12.7. The van der Waals surface area contributed by atoms with Crippen LogP contribution in [0, 0.1) is 24.7 Å². The van der Waals surface area contributed by atoms with Crippen LogP contribution in [0.4, 0.5) is 5.69 Å². The number of aryl methyl sites for hydroxylation is 1. The highest BCUT2D eigenvalue weighted by Crippen LogP contribution is 2.69. The van der Waals surface area contributed by atoms with E-state index in [0.29, 0.717) is 30.2 Å². The van der Waals surface area contributed by atoms with E-state index in [-0.39, 0.29) is 42.0 Å². The van der Waals surface area contributed by atoms with Crippen LogP contribution in [0.25, 0.3) is 0 Å². The van der Waals surface area contributed by atoms with Crippen LogP contribution in [-0.2, 0) is 20.9 Å². The lowest BCUT2D eigenvalue weighted by atomic mass is 9.65. The Morgan fingerprint density at radius 3 is 2.31 bits per heavy atom. The number of aliphatic hydroxyl groups is 1. The molecule has 250 valence electrons. The molecule has 3 aromatic carbocycles. The number of amides is 3. The number of halogens is 1. The number of carbonyl (C=O) groups excluding carboxylic acids is 3. The van der Waals surface area contributed by atoms with Gasteiger partial charge in [-0.05, 0) is 42.0 Å². The minimum Gasteiger partial charge on any atom is -0.394 e. The number of aliphatic hydroxyl groups excluding tert-OH is 1. The fraction of sp³-hybridized carbons (Fsp3) is 0.359. The summed E-state index contributed by atoms with van der Waals surface area (Å²) in [6.45, 7) is 12.4. The SMILES string of the molecule is C=CCN(Cc1ccccc1)C(=O)[C@@H]1[C@@H]2CC(C)C3(S2)C(C(=O)N(CC=C)c2c(C)cccc2Cl)N([C@H](CO)c2ccccc2)C(=O)[C@H]13. The molecular formula is C39H42ClN3O4S. The number of nitrogens with zero attached hydrogens (tertiary/aromatic N) is 3. The second-order valence-electron chi connectivity index (χ2n) is 13.0. The summed E-state index contributed by atoms with van der Waals surface area (Å²) in [6.07, 6.45) is 4.06. The molecule has 1 N–H and O–H groups in total. The first-order valence-corrected chi connectivity index (χ1v) is 17.7. The highest BCUT2D eigenvalue weighted by atomic mass is 35.5. The van der Waals surface area contributed by atoms with Gasteiger partial charge < -0.3 is 19.8 Å². The molecule has 0 radical (unpaired) electrons. The van der Waals surface area contributed by atoms with Crippen LogP contribution in [0.3, 0.4) is 0 Å². The summed E-state index contributed by atoms with van der Waals surface area (Å²) >= 11 is 8.38. The summed E-state index contributed by atoms with van der Waals surface area (Å²) in [5.41, 5.74) is 3.09. The molecule has 3 fully saturated rings. The first-order chi connectivity index (χ1) is 23.2. The summed E-state index contributed by atoms with van der Waals surface area (Å²) < 4.78 is -0.900. The Balaban J connectivity index is 1.49. The van der Waals surface area contributed by atoms with E-state index < -0.39 is 28.7 Å². The van der Waals surface area contributed by atoms with Gasteiger partial charge in [-0.1, -0.05) is 103 Å². The molecule has 9 heteroatoms. The Labute approximate surface area is 292 Å². The molecule has 3 saturated heterocycles. The van der Waals surface area contributed by atoms with Crippen LogP contribution in [0.5, 0.6) is 0 Å². The Bertz CT molecular complexity index is 1680. The van der Waals surface area contributed by atoms with Gasteiger partial charge in [0.25, 0.3) is 5.91 Å². The van der Waals surface area contributed by atoms with Gasteiger partial charge in [-0.25, -0.2) is 0 Å². The van der Waals surface area contributed by atoms with Crippen molar-refractivity contribution in [2.75, 3.05) is 24.6 Å². The fourth-order valence-electron chi connectivity index (χ4n) is 8.32. The van der Waals surface area contributed by atoms with Gasteiger partial charge in [0.1, 0.15) is 6.04 Å². The number of likely N-dealkylation sites (tertiary alicyclic amines) is 1. The van der Waals surface area contributed by atoms with Crippen LogP contribution >= 0.6 is 23.4 Å². The van der Waals surface area contributed by atoms with Gasteiger partial charge in [-0.2, -0.15) is 0 Å². The van der Waals surface area contributed by atoms with E-state index in [1.807, 2.05) is 79.7 Å². The predicted octanol–water partition coefficient (Wildman–Crippen LogP) is 6.45. The van der Waals surface area contributed by atoms with Crippen molar-refractivity contribution in [2.24, 2.45) is 17.8 Å². The molecule has 0 saturated carbocycles. The van der Waals surface area contributed by atoms with E-state index in [1.54, 1.807) is 44.7 Å². The fourth-order valence-corrected chi connectivity index (χ4v) is 11.0. The minimum absolute atomic E-state index is 0.0560.